The van der Waals surface area contributed by atoms with Gasteiger partial charge in [0.15, 0.2) is 5.82 Å². The molecule has 0 spiro atoms. The fourth-order valence-electron chi connectivity index (χ4n) is 3.15. The minimum Gasteiger partial charge on any atom is -0.493 e. The lowest BCUT2D eigenvalue weighted by Crippen LogP contribution is -2.23. The van der Waals surface area contributed by atoms with Crippen LogP contribution in [0.25, 0.3) is 21.9 Å². The number of hydrogen-bond donors (Lipinski definition) is 2. The number of aromatic nitrogens is 3. The Morgan fingerprint density at radius 1 is 1.24 bits per heavy atom. The largest absolute Gasteiger partial charge is 0.493 e. The summed E-state index contributed by atoms with van der Waals surface area (Å²) >= 11 is 0. The van der Waals surface area contributed by atoms with E-state index in [1.54, 1.807) is 0 Å². The number of aryl methyl sites for hydroxylation is 1. The average molecular weight is 422 g/mol. The van der Waals surface area contributed by atoms with E-state index in [2.05, 4.69) is 14.7 Å². The van der Waals surface area contributed by atoms with Gasteiger partial charge in [-0.05, 0) is 31.9 Å². The fraction of sp³-hybridized carbons (Fsp3) is 0.474. The number of imidazole rings is 1. The highest BCUT2D eigenvalue weighted by atomic mass is 32.2. The number of benzene rings is 1. The minimum absolute atomic E-state index is 0.370. The molecule has 2 aromatic heterocycles. The molecule has 0 aliphatic rings. The van der Waals surface area contributed by atoms with Gasteiger partial charge in [-0.3, -0.25) is 0 Å². The van der Waals surface area contributed by atoms with Crippen LogP contribution in [-0.2, 0) is 28.4 Å². The number of hydrogen-bond acceptors (Lipinski definition) is 7. The van der Waals surface area contributed by atoms with E-state index in [1.807, 2.05) is 36.7 Å². The molecule has 29 heavy (non-hydrogen) atoms. The molecule has 0 atom stereocenters. The zero-order chi connectivity index (χ0) is 21.0. The van der Waals surface area contributed by atoms with E-state index in [0.717, 1.165) is 28.5 Å². The molecule has 0 radical (unpaired) electrons. The molecule has 9 nitrogen and oxygen atoms in total. The molecule has 2 heterocycles. The Morgan fingerprint density at radius 3 is 2.76 bits per heavy atom. The standard InChI is InChI=1S/C19H27N5O4S/c1-4-27-12-15-23-17-18(24(15)2)16-13(22-19(17)20)8-7-9-14(16)28-11-6-5-10-21-29(3,25)26/h7-9,21H,4-6,10-12H2,1-3H3,(H2,20,22). The lowest BCUT2D eigenvalue weighted by atomic mass is 10.1. The van der Waals surface area contributed by atoms with Gasteiger partial charge in [0.2, 0.25) is 10.0 Å². The maximum absolute atomic E-state index is 11.1. The number of pyridine rings is 1. The third kappa shape index (κ3) is 4.95. The van der Waals surface area contributed by atoms with Crippen molar-refractivity contribution in [3.8, 4) is 5.75 Å². The molecule has 10 heteroatoms. The first-order chi connectivity index (χ1) is 13.8. The Hall–Kier alpha value is -2.43. The summed E-state index contributed by atoms with van der Waals surface area (Å²) in [6.45, 7) is 3.77. The summed E-state index contributed by atoms with van der Waals surface area (Å²) in [5.41, 5.74) is 8.37. The molecule has 1 aromatic carbocycles. The van der Waals surface area contributed by atoms with Gasteiger partial charge in [0.05, 0.1) is 29.3 Å². The van der Waals surface area contributed by atoms with Crippen molar-refractivity contribution in [3.63, 3.8) is 0 Å². The Kier molecular flexibility index (Phi) is 6.56. The van der Waals surface area contributed by atoms with Gasteiger partial charge < -0.3 is 19.8 Å². The molecular weight excluding hydrogens is 394 g/mol. The van der Waals surface area contributed by atoms with Crippen molar-refractivity contribution in [2.75, 3.05) is 31.7 Å². The number of nitrogens with two attached hydrogens (primary N) is 1. The van der Waals surface area contributed by atoms with Gasteiger partial charge in [-0.2, -0.15) is 0 Å². The molecule has 3 rings (SSSR count). The Labute approximate surface area is 170 Å². The van der Waals surface area contributed by atoms with E-state index in [9.17, 15) is 8.42 Å². The number of sulfonamides is 1. The fourth-order valence-corrected chi connectivity index (χ4v) is 3.67. The van der Waals surface area contributed by atoms with E-state index in [-0.39, 0.29) is 0 Å². The number of rotatable bonds is 10. The first kappa shape index (κ1) is 21.3. The number of unbranched alkanes of at least 4 members (excludes halogenated alkanes) is 1. The molecule has 3 N–H and O–H groups in total. The van der Waals surface area contributed by atoms with Crippen LogP contribution in [0.4, 0.5) is 5.82 Å². The van der Waals surface area contributed by atoms with Crippen molar-refractivity contribution >= 4 is 37.8 Å². The Morgan fingerprint density at radius 2 is 2.03 bits per heavy atom. The molecule has 0 amide bonds. The maximum atomic E-state index is 11.1. The number of nitrogen functional groups attached to an aromatic ring is 1. The van der Waals surface area contributed by atoms with E-state index < -0.39 is 10.0 Å². The topological polar surface area (TPSA) is 121 Å². The summed E-state index contributed by atoms with van der Waals surface area (Å²) in [6, 6.07) is 5.66. The van der Waals surface area contributed by atoms with Crippen molar-refractivity contribution in [2.45, 2.75) is 26.4 Å². The molecule has 0 unspecified atom stereocenters. The molecule has 0 aliphatic heterocycles. The first-order valence-corrected chi connectivity index (χ1v) is 11.4. The molecular formula is C19H27N5O4S. The highest BCUT2D eigenvalue weighted by Gasteiger charge is 2.18. The van der Waals surface area contributed by atoms with Gasteiger partial charge in [0.1, 0.15) is 23.7 Å². The second-order valence-corrected chi connectivity index (χ2v) is 8.62. The number of fused-ring (bicyclic) bond motifs is 3. The van der Waals surface area contributed by atoms with Crippen LogP contribution >= 0.6 is 0 Å². The molecule has 0 fully saturated rings. The van der Waals surface area contributed by atoms with Crippen molar-refractivity contribution in [2.24, 2.45) is 7.05 Å². The SMILES string of the molecule is CCOCc1nc2c(N)nc3cccc(OCCCCNS(C)(=O)=O)c3c2n1C. The van der Waals surface area contributed by atoms with Gasteiger partial charge in [-0.15, -0.1) is 0 Å². The Bertz CT molecular complexity index is 1110. The molecule has 0 aliphatic carbocycles. The van der Waals surface area contributed by atoms with Gasteiger partial charge in [0, 0.05) is 20.2 Å². The lowest BCUT2D eigenvalue weighted by molar-refractivity contribution is 0.126. The first-order valence-electron chi connectivity index (χ1n) is 9.50. The summed E-state index contributed by atoms with van der Waals surface area (Å²) in [5, 5.41) is 0.851. The van der Waals surface area contributed by atoms with Crippen LogP contribution in [0.15, 0.2) is 18.2 Å². The van der Waals surface area contributed by atoms with Crippen molar-refractivity contribution in [1.82, 2.24) is 19.3 Å². The van der Waals surface area contributed by atoms with Gasteiger partial charge in [-0.1, -0.05) is 6.07 Å². The van der Waals surface area contributed by atoms with Gasteiger partial charge in [0.25, 0.3) is 0 Å². The highest BCUT2D eigenvalue weighted by molar-refractivity contribution is 7.88. The molecule has 0 saturated carbocycles. The summed E-state index contributed by atoms with van der Waals surface area (Å²) in [6.07, 6.45) is 2.55. The minimum atomic E-state index is -3.16. The number of nitrogens with one attached hydrogen (secondary N) is 1. The van der Waals surface area contributed by atoms with E-state index in [0.29, 0.717) is 56.3 Å². The Balaban J connectivity index is 1.86. The number of nitrogens with zero attached hydrogens (tertiary/aromatic N) is 3. The average Bonchev–Trinajstić information content (AvgIpc) is 2.99. The van der Waals surface area contributed by atoms with E-state index >= 15 is 0 Å². The summed E-state index contributed by atoms with van der Waals surface area (Å²) < 4.78 is 38.2. The maximum Gasteiger partial charge on any atom is 0.208 e. The van der Waals surface area contributed by atoms with Crippen LogP contribution in [0.2, 0.25) is 0 Å². The van der Waals surface area contributed by atoms with Crippen molar-refractivity contribution in [1.29, 1.82) is 0 Å². The van der Waals surface area contributed by atoms with Crippen LogP contribution in [0.3, 0.4) is 0 Å². The van der Waals surface area contributed by atoms with Crippen molar-refractivity contribution < 1.29 is 17.9 Å². The van der Waals surface area contributed by atoms with E-state index in [1.165, 1.54) is 0 Å². The zero-order valence-electron chi connectivity index (χ0n) is 16.9. The van der Waals surface area contributed by atoms with Crippen LogP contribution in [0.1, 0.15) is 25.6 Å². The van der Waals surface area contributed by atoms with Crippen molar-refractivity contribution in [3.05, 3.63) is 24.0 Å². The monoisotopic (exact) mass is 421 g/mol. The second kappa shape index (κ2) is 8.93. The quantitative estimate of drug-likeness (QED) is 0.480. The third-order valence-corrected chi connectivity index (χ3v) is 5.27. The molecule has 158 valence electrons. The summed E-state index contributed by atoms with van der Waals surface area (Å²) in [5.74, 6) is 1.83. The van der Waals surface area contributed by atoms with Crippen LogP contribution in [0, 0.1) is 0 Å². The normalized spacial score (nSPS) is 12.1. The zero-order valence-corrected chi connectivity index (χ0v) is 17.8. The smallest absolute Gasteiger partial charge is 0.208 e. The molecule has 0 bridgehead atoms. The lowest BCUT2D eigenvalue weighted by Gasteiger charge is -2.12. The van der Waals surface area contributed by atoms with Crippen LogP contribution in [-0.4, -0.2) is 49.0 Å². The summed E-state index contributed by atoms with van der Waals surface area (Å²) in [7, 11) is -1.23. The summed E-state index contributed by atoms with van der Waals surface area (Å²) in [4.78, 5) is 9.10. The predicted octanol–water partition coefficient (Wildman–Crippen LogP) is 1.95. The van der Waals surface area contributed by atoms with Crippen LogP contribution < -0.4 is 15.2 Å². The second-order valence-electron chi connectivity index (χ2n) is 6.79. The molecule has 0 saturated heterocycles. The predicted molar refractivity (Wildman–Crippen MR) is 113 cm³/mol. The van der Waals surface area contributed by atoms with Gasteiger partial charge in [-0.25, -0.2) is 23.1 Å². The number of anilines is 1. The van der Waals surface area contributed by atoms with E-state index in [4.69, 9.17) is 15.2 Å². The number of ether oxygens (including phenoxy) is 2. The van der Waals surface area contributed by atoms with Crippen LogP contribution in [0.5, 0.6) is 5.75 Å². The third-order valence-electron chi connectivity index (χ3n) is 4.54. The molecule has 3 aromatic rings. The highest BCUT2D eigenvalue weighted by Crippen LogP contribution is 2.34. The van der Waals surface area contributed by atoms with Gasteiger partial charge >= 0.3 is 0 Å².